The zero-order chi connectivity index (χ0) is 11.1. The molecule has 2 aromatic rings. The van der Waals surface area contributed by atoms with Gasteiger partial charge in [-0.05, 0) is 37.3 Å². The third kappa shape index (κ3) is 5.02. The lowest BCUT2D eigenvalue weighted by molar-refractivity contribution is 1.10. The Kier molecular flexibility index (Phi) is 4.63. The van der Waals surface area contributed by atoms with Gasteiger partial charge in [0, 0.05) is 22.5 Å². The Labute approximate surface area is 94.8 Å². The molecule has 0 spiro atoms. The number of aromatic nitrogens is 2. The summed E-state index contributed by atoms with van der Waals surface area (Å²) in [6.07, 6.45) is 3.26. The molecule has 78 valence electrons. The lowest BCUT2D eigenvalue weighted by Crippen LogP contribution is -1.80. The van der Waals surface area contributed by atoms with Gasteiger partial charge in [-0.15, -0.1) is 12.6 Å². The quantitative estimate of drug-likeness (QED) is 0.528. The minimum absolute atomic E-state index is 0.780. The van der Waals surface area contributed by atoms with Crippen LogP contribution in [0.3, 0.4) is 0 Å². The summed E-state index contributed by atoms with van der Waals surface area (Å²) in [7, 11) is 0. The van der Waals surface area contributed by atoms with E-state index in [0.29, 0.717) is 0 Å². The van der Waals surface area contributed by atoms with Crippen LogP contribution in [-0.4, -0.2) is 9.97 Å². The fourth-order valence-electron chi connectivity index (χ4n) is 0.831. The van der Waals surface area contributed by atoms with Crippen LogP contribution in [0.5, 0.6) is 0 Å². The molecule has 1 aromatic carbocycles. The smallest absolute Gasteiger partial charge is 0.115 e. The molecule has 1 heterocycles. The molecule has 15 heavy (non-hydrogen) atoms. The summed E-state index contributed by atoms with van der Waals surface area (Å²) >= 11 is 4.08. The van der Waals surface area contributed by atoms with Crippen molar-refractivity contribution in [2.75, 3.05) is 5.73 Å². The summed E-state index contributed by atoms with van der Waals surface area (Å²) in [5.41, 5.74) is 7.18. The number of hydrogen-bond acceptors (Lipinski definition) is 4. The van der Waals surface area contributed by atoms with Gasteiger partial charge in [0.2, 0.25) is 0 Å². The summed E-state index contributed by atoms with van der Waals surface area (Å²) in [5, 5.41) is 0. The van der Waals surface area contributed by atoms with E-state index in [2.05, 4.69) is 22.6 Å². The van der Waals surface area contributed by atoms with Crippen molar-refractivity contribution < 1.29 is 0 Å². The fraction of sp³-hybridized carbons (Fsp3) is 0.0909. The standard InChI is InChI=1S/C6H7NS.C5H6N2/c7-5-1-3-6(8)4-2-5;1-5-2-3-6-4-7-5/h1-4,8H,7H2;2-4H,1H3. The molecule has 0 bridgehead atoms. The molecule has 0 saturated carbocycles. The Hall–Kier alpha value is -1.55. The molecule has 0 radical (unpaired) electrons. The van der Waals surface area contributed by atoms with E-state index in [1.807, 2.05) is 37.3 Å². The molecule has 0 amide bonds. The van der Waals surface area contributed by atoms with Crippen molar-refractivity contribution in [2.24, 2.45) is 0 Å². The van der Waals surface area contributed by atoms with Crippen LogP contribution in [0.4, 0.5) is 5.69 Å². The largest absolute Gasteiger partial charge is 0.399 e. The summed E-state index contributed by atoms with van der Waals surface area (Å²) in [4.78, 5) is 8.55. The molecular formula is C11H13N3S. The second-order valence-electron chi connectivity index (χ2n) is 2.94. The van der Waals surface area contributed by atoms with Crippen molar-refractivity contribution >= 4 is 18.3 Å². The number of nitrogens with zero attached hydrogens (tertiary/aromatic N) is 2. The van der Waals surface area contributed by atoms with Crippen molar-refractivity contribution in [3.05, 3.63) is 48.5 Å². The van der Waals surface area contributed by atoms with Crippen LogP contribution >= 0.6 is 12.6 Å². The van der Waals surface area contributed by atoms with E-state index in [9.17, 15) is 0 Å². The Morgan fingerprint density at radius 1 is 1.13 bits per heavy atom. The molecule has 0 aliphatic carbocycles. The van der Waals surface area contributed by atoms with E-state index in [4.69, 9.17) is 5.73 Å². The molecular weight excluding hydrogens is 206 g/mol. The van der Waals surface area contributed by atoms with Gasteiger partial charge in [-0.1, -0.05) is 0 Å². The maximum Gasteiger partial charge on any atom is 0.115 e. The van der Waals surface area contributed by atoms with Crippen molar-refractivity contribution in [3.8, 4) is 0 Å². The number of aryl methyl sites for hydroxylation is 1. The molecule has 0 atom stereocenters. The third-order valence-electron chi connectivity index (χ3n) is 1.62. The number of rotatable bonds is 0. The number of hydrogen-bond donors (Lipinski definition) is 2. The Morgan fingerprint density at radius 2 is 1.80 bits per heavy atom. The Balaban J connectivity index is 0.000000151. The van der Waals surface area contributed by atoms with Gasteiger partial charge >= 0.3 is 0 Å². The van der Waals surface area contributed by atoms with Gasteiger partial charge in [0.25, 0.3) is 0 Å². The number of thiol groups is 1. The van der Waals surface area contributed by atoms with Crippen molar-refractivity contribution in [1.82, 2.24) is 9.97 Å². The van der Waals surface area contributed by atoms with Crippen LogP contribution in [0, 0.1) is 6.92 Å². The lowest BCUT2D eigenvalue weighted by atomic mass is 10.3. The molecule has 2 N–H and O–H groups in total. The monoisotopic (exact) mass is 219 g/mol. The number of nitrogens with two attached hydrogens (primary N) is 1. The molecule has 2 rings (SSSR count). The SMILES string of the molecule is Cc1ccncn1.Nc1ccc(S)cc1. The highest BCUT2D eigenvalue weighted by atomic mass is 32.1. The van der Waals surface area contributed by atoms with Crippen LogP contribution in [0.1, 0.15) is 5.69 Å². The predicted octanol–water partition coefficient (Wildman–Crippen LogP) is 2.34. The average molecular weight is 219 g/mol. The summed E-state index contributed by atoms with van der Waals surface area (Å²) in [5.74, 6) is 0. The molecule has 0 saturated heterocycles. The van der Waals surface area contributed by atoms with Gasteiger partial charge in [0.1, 0.15) is 6.33 Å². The van der Waals surface area contributed by atoms with Crippen molar-refractivity contribution in [3.63, 3.8) is 0 Å². The van der Waals surface area contributed by atoms with Crippen LogP contribution in [0.25, 0.3) is 0 Å². The van der Waals surface area contributed by atoms with Gasteiger partial charge in [-0.2, -0.15) is 0 Å². The Bertz CT molecular complexity index is 365. The second kappa shape index (κ2) is 6.03. The normalized spacial score (nSPS) is 8.93. The minimum atomic E-state index is 0.780. The van der Waals surface area contributed by atoms with Crippen LogP contribution in [-0.2, 0) is 0 Å². The van der Waals surface area contributed by atoms with Gasteiger partial charge in [-0.25, -0.2) is 9.97 Å². The zero-order valence-electron chi connectivity index (χ0n) is 8.46. The first-order chi connectivity index (χ1) is 7.18. The third-order valence-corrected chi connectivity index (χ3v) is 1.92. The maximum atomic E-state index is 5.39. The van der Waals surface area contributed by atoms with Gasteiger partial charge < -0.3 is 5.73 Å². The molecule has 0 fully saturated rings. The Morgan fingerprint density at radius 3 is 2.13 bits per heavy atom. The molecule has 4 heteroatoms. The fourth-order valence-corrected chi connectivity index (χ4v) is 0.980. The molecule has 0 aliphatic heterocycles. The zero-order valence-corrected chi connectivity index (χ0v) is 9.35. The second-order valence-corrected chi connectivity index (χ2v) is 3.46. The summed E-state index contributed by atoms with van der Waals surface area (Å²) in [6.45, 7) is 1.93. The first-order valence-electron chi connectivity index (χ1n) is 4.45. The van der Waals surface area contributed by atoms with Crippen LogP contribution in [0.15, 0.2) is 47.8 Å². The van der Waals surface area contributed by atoms with Gasteiger partial charge in [0.05, 0.1) is 0 Å². The molecule has 1 aromatic heterocycles. The molecule has 0 aliphatic rings. The first-order valence-corrected chi connectivity index (χ1v) is 4.90. The highest BCUT2D eigenvalue weighted by Gasteiger charge is 1.81. The number of nitrogen functional groups attached to an aromatic ring is 1. The number of benzene rings is 1. The van der Waals surface area contributed by atoms with E-state index < -0.39 is 0 Å². The van der Waals surface area contributed by atoms with Crippen LogP contribution < -0.4 is 5.73 Å². The van der Waals surface area contributed by atoms with E-state index in [0.717, 1.165) is 16.3 Å². The van der Waals surface area contributed by atoms with Crippen molar-refractivity contribution in [1.29, 1.82) is 0 Å². The van der Waals surface area contributed by atoms with Gasteiger partial charge in [0.15, 0.2) is 0 Å². The summed E-state index contributed by atoms with van der Waals surface area (Å²) in [6, 6.07) is 9.22. The molecule has 0 unspecified atom stereocenters. The maximum absolute atomic E-state index is 5.39. The highest BCUT2D eigenvalue weighted by Crippen LogP contribution is 2.07. The topological polar surface area (TPSA) is 51.8 Å². The lowest BCUT2D eigenvalue weighted by Gasteiger charge is -1.89. The van der Waals surface area contributed by atoms with E-state index in [-0.39, 0.29) is 0 Å². The minimum Gasteiger partial charge on any atom is -0.399 e. The average Bonchev–Trinajstić information content (AvgIpc) is 2.25. The van der Waals surface area contributed by atoms with Crippen LogP contribution in [0.2, 0.25) is 0 Å². The first kappa shape index (κ1) is 11.5. The predicted molar refractivity (Wildman–Crippen MR) is 64.9 cm³/mol. The summed E-state index contributed by atoms with van der Waals surface area (Å²) < 4.78 is 0. The van der Waals surface area contributed by atoms with E-state index >= 15 is 0 Å². The molecule has 3 nitrogen and oxygen atoms in total. The van der Waals surface area contributed by atoms with Crippen molar-refractivity contribution in [2.45, 2.75) is 11.8 Å². The number of anilines is 1. The van der Waals surface area contributed by atoms with Gasteiger partial charge in [-0.3, -0.25) is 0 Å². The van der Waals surface area contributed by atoms with E-state index in [1.54, 1.807) is 6.20 Å². The highest BCUT2D eigenvalue weighted by molar-refractivity contribution is 7.80. The van der Waals surface area contributed by atoms with E-state index in [1.165, 1.54) is 6.33 Å².